The normalized spacial score (nSPS) is 20.6. The summed E-state index contributed by atoms with van der Waals surface area (Å²) in [4.78, 5) is 32.9. The molecular formula is C51H59ClFN7O7S. The molecule has 4 aliphatic rings. The highest BCUT2D eigenvalue weighted by Gasteiger charge is 2.32. The number of aromatic amines is 1. The number of piperazine rings is 1. The smallest absolute Gasteiger partial charge is 0.293 e. The van der Waals surface area contributed by atoms with Crippen molar-refractivity contribution in [1.82, 2.24) is 19.9 Å². The summed E-state index contributed by atoms with van der Waals surface area (Å²) < 4.78 is 57.0. The third kappa shape index (κ3) is 11.2. The SMILES string of the molecule is CC1(C)CCC(CN2CCN(c3ccc(C(=O)NS(=O)(=O)c4ccc(N[C@H]5CC[C@H](NC6CCOCC6)CC5)c([N+](=O)[O-])c4)c(Oc4cc5cc[nH]c5cc4F)c3)CC2)=C(c2ccc(Cl)cc2)C1. The highest BCUT2D eigenvalue weighted by molar-refractivity contribution is 7.90. The molecule has 1 amide bonds. The monoisotopic (exact) mass is 967 g/mol. The number of nitro groups is 1. The molecule has 0 radical (unpaired) electrons. The second-order valence-corrected chi connectivity index (χ2v) is 21.6. The summed E-state index contributed by atoms with van der Waals surface area (Å²) in [6, 6.07) is 21.8. The van der Waals surface area contributed by atoms with Gasteiger partial charge in [0.2, 0.25) is 0 Å². The molecule has 1 aromatic heterocycles. The lowest BCUT2D eigenvalue weighted by molar-refractivity contribution is -0.384. The van der Waals surface area contributed by atoms with Gasteiger partial charge in [-0.25, -0.2) is 17.5 Å². The maximum absolute atomic E-state index is 15.5. The number of hydrogen-bond donors (Lipinski definition) is 4. The number of anilines is 2. The van der Waals surface area contributed by atoms with Gasteiger partial charge in [-0.2, -0.15) is 0 Å². The first kappa shape index (κ1) is 47.5. The van der Waals surface area contributed by atoms with Gasteiger partial charge in [-0.1, -0.05) is 43.2 Å². The molecule has 3 heterocycles. The van der Waals surface area contributed by atoms with Crippen molar-refractivity contribution >= 4 is 61.1 Å². The van der Waals surface area contributed by atoms with Crippen LogP contribution < -0.4 is 25.0 Å². The van der Waals surface area contributed by atoms with E-state index in [1.807, 2.05) is 12.1 Å². The lowest BCUT2D eigenvalue weighted by Gasteiger charge is -2.39. The number of hydrogen-bond acceptors (Lipinski definition) is 11. The van der Waals surface area contributed by atoms with E-state index in [0.29, 0.717) is 46.8 Å². The average molecular weight is 969 g/mol. The minimum Gasteiger partial charge on any atom is -0.453 e. The van der Waals surface area contributed by atoms with E-state index in [4.69, 9.17) is 21.1 Å². The maximum atomic E-state index is 15.5. The molecule has 0 unspecified atom stereocenters. The first-order valence-corrected chi connectivity index (χ1v) is 25.5. The number of nitrogens with one attached hydrogen (secondary N) is 4. The van der Waals surface area contributed by atoms with Gasteiger partial charge in [0, 0.05) is 110 Å². The third-order valence-electron chi connectivity index (χ3n) is 14.0. The molecular weight excluding hydrogens is 909 g/mol. The molecule has 0 atom stereocenters. The van der Waals surface area contributed by atoms with Crippen LogP contribution in [0, 0.1) is 21.3 Å². The third-order valence-corrected chi connectivity index (χ3v) is 15.6. The summed E-state index contributed by atoms with van der Waals surface area (Å²) in [5.41, 5.74) is 5.12. The van der Waals surface area contributed by atoms with Gasteiger partial charge < -0.3 is 30.0 Å². The minimum absolute atomic E-state index is 0.0299. The Kier molecular flexibility index (Phi) is 14.1. The zero-order chi connectivity index (χ0) is 47.6. The zero-order valence-corrected chi connectivity index (χ0v) is 40.1. The van der Waals surface area contributed by atoms with Crippen molar-refractivity contribution in [2.75, 3.05) is 56.2 Å². The summed E-state index contributed by atoms with van der Waals surface area (Å²) in [5, 5.41) is 20.7. The number of allylic oxidation sites excluding steroid dienone is 1. The van der Waals surface area contributed by atoms with Crippen molar-refractivity contribution in [3.05, 3.63) is 123 Å². The Morgan fingerprint density at radius 3 is 2.37 bits per heavy atom. The molecule has 68 heavy (non-hydrogen) atoms. The second-order valence-electron chi connectivity index (χ2n) is 19.4. The molecule has 3 fully saturated rings. The van der Waals surface area contributed by atoms with Crippen LogP contribution in [0.3, 0.4) is 0 Å². The lowest BCUT2D eigenvalue weighted by atomic mass is 9.72. The van der Waals surface area contributed by atoms with E-state index in [2.05, 4.69) is 56.1 Å². The average Bonchev–Trinajstić information content (AvgIpc) is 3.78. The van der Waals surface area contributed by atoms with Crippen molar-refractivity contribution in [2.45, 2.75) is 94.7 Å². The van der Waals surface area contributed by atoms with Gasteiger partial charge >= 0.3 is 0 Å². The molecule has 14 nitrogen and oxygen atoms in total. The summed E-state index contributed by atoms with van der Waals surface area (Å²) in [7, 11) is -4.64. The largest absolute Gasteiger partial charge is 0.453 e. The number of amides is 1. The van der Waals surface area contributed by atoms with Crippen LogP contribution in [-0.2, 0) is 14.8 Å². The van der Waals surface area contributed by atoms with Crippen LogP contribution in [0.4, 0.5) is 21.5 Å². The molecule has 5 aromatic rings. The first-order valence-electron chi connectivity index (χ1n) is 23.6. The van der Waals surface area contributed by atoms with E-state index in [0.717, 1.165) is 96.7 Å². The lowest BCUT2D eigenvalue weighted by Crippen LogP contribution is -2.47. The van der Waals surface area contributed by atoms with Crippen LogP contribution >= 0.6 is 11.6 Å². The van der Waals surface area contributed by atoms with Gasteiger partial charge in [0.1, 0.15) is 11.4 Å². The fraction of sp³-hybridized carbons (Fsp3) is 0.431. The molecule has 360 valence electrons. The number of H-pyrrole nitrogens is 1. The van der Waals surface area contributed by atoms with E-state index < -0.39 is 37.3 Å². The van der Waals surface area contributed by atoms with E-state index >= 15 is 4.39 Å². The standard InChI is InChI=1S/C51H59ClFN7O7S/c1-51(2)19-15-35(43(31-51)33-3-5-36(52)6-4-33)32-58-21-23-59(24-22-58)40-11-13-42(48(28-40)67-49-27-34-16-20-54-46(34)30-44(49)53)50(61)57-68(64,65)41-12-14-45(47(29-41)60(62)63)56-38-9-7-37(8-10-38)55-39-17-25-66-26-18-39/h3-6,11-14,16,20,27-30,37-39,54-56H,7-10,15,17-19,21-26,31-32H2,1-2H3,(H,57,61)/t37-,38-. The Balaban J connectivity index is 0.906. The predicted octanol–water partition coefficient (Wildman–Crippen LogP) is 10.1. The van der Waals surface area contributed by atoms with Gasteiger partial charge in [-0.3, -0.25) is 19.8 Å². The summed E-state index contributed by atoms with van der Waals surface area (Å²) in [6.45, 7) is 9.88. The van der Waals surface area contributed by atoms with Crippen molar-refractivity contribution in [1.29, 1.82) is 0 Å². The van der Waals surface area contributed by atoms with Crippen LogP contribution in [0.25, 0.3) is 16.5 Å². The van der Waals surface area contributed by atoms with E-state index in [1.54, 1.807) is 24.4 Å². The number of halogens is 2. The fourth-order valence-electron chi connectivity index (χ4n) is 10.1. The quantitative estimate of drug-likeness (QED) is 0.0617. The Labute approximate surface area is 401 Å². The van der Waals surface area contributed by atoms with Gasteiger partial charge in [-0.15, -0.1) is 0 Å². The number of rotatable bonds is 14. The van der Waals surface area contributed by atoms with Gasteiger partial charge in [0.25, 0.3) is 21.6 Å². The molecule has 4 aromatic carbocycles. The highest BCUT2D eigenvalue weighted by Crippen LogP contribution is 2.44. The Morgan fingerprint density at radius 2 is 1.63 bits per heavy atom. The number of sulfonamides is 1. The molecule has 9 rings (SSSR count). The fourth-order valence-corrected chi connectivity index (χ4v) is 11.2. The Bertz CT molecular complexity index is 2800. The number of ether oxygens (including phenoxy) is 2. The molecule has 0 spiro atoms. The number of nitro benzene ring substituents is 1. The second kappa shape index (κ2) is 20.2. The maximum Gasteiger partial charge on any atom is 0.293 e. The molecule has 2 saturated heterocycles. The topological polar surface area (TPSA) is 171 Å². The van der Waals surface area contributed by atoms with Crippen molar-refractivity contribution in [3.8, 4) is 11.5 Å². The van der Waals surface area contributed by atoms with Crippen LogP contribution in [0.2, 0.25) is 5.02 Å². The van der Waals surface area contributed by atoms with E-state index in [-0.39, 0.29) is 34.2 Å². The number of aromatic nitrogens is 1. The van der Waals surface area contributed by atoms with Gasteiger partial charge in [-0.05, 0) is 123 Å². The molecule has 1 saturated carbocycles. The molecule has 2 aliphatic heterocycles. The molecule has 4 N–H and O–H groups in total. The first-order chi connectivity index (χ1) is 32.7. The van der Waals surface area contributed by atoms with Crippen LogP contribution in [0.1, 0.15) is 87.6 Å². The number of carbonyl (C=O) groups is 1. The molecule has 0 bridgehead atoms. The highest BCUT2D eigenvalue weighted by atomic mass is 35.5. The van der Waals surface area contributed by atoms with Crippen molar-refractivity contribution in [3.63, 3.8) is 0 Å². The molecule has 2 aliphatic carbocycles. The van der Waals surface area contributed by atoms with Crippen LogP contribution in [-0.4, -0.2) is 93.2 Å². The summed E-state index contributed by atoms with van der Waals surface area (Å²) >= 11 is 6.25. The van der Waals surface area contributed by atoms with Gasteiger partial charge in [0.15, 0.2) is 11.6 Å². The Morgan fingerprint density at radius 1 is 0.912 bits per heavy atom. The van der Waals surface area contributed by atoms with Crippen molar-refractivity contribution < 1.29 is 32.0 Å². The number of nitrogens with zero attached hydrogens (tertiary/aromatic N) is 3. The van der Waals surface area contributed by atoms with Gasteiger partial charge in [0.05, 0.1) is 15.4 Å². The zero-order valence-electron chi connectivity index (χ0n) is 38.5. The van der Waals surface area contributed by atoms with E-state index in [1.165, 1.54) is 47.0 Å². The number of benzene rings is 4. The predicted molar refractivity (Wildman–Crippen MR) is 264 cm³/mol. The van der Waals surface area contributed by atoms with Crippen LogP contribution in [0.5, 0.6) is 11.5 Å². The van der Waals surface area contributed by atoms with E-state index in [9.17, 15) is 23.3 Å². The minimum atomic E-state index is -4.64. The summed E-state index contributed by atoms with van der Waals surface area (Å²) in [5.74, 6) is -1.94. The Hall–Kier alpha value is -5.52. The summed E-state index contributed by atoms with van der Waals surface area (Å²) in [6.07, 6.45) is 10.2. The van der Waals surface area contributed by atoms with Crippen LogP contribution in [0.15, 0.2) is 95.5 Å². The molecule has 17 heteroatoms. The number of fused-ring (bicyclic) bond motifs is 1. The van der Waals surface area contributed by atoms with Crippen molar-refractivity contribution in [2.24, 2.45) is 5.41 Å². The number of carbonyl (C=O) groups excluding carboxylic acids is 1.